The number of nitrogens with two attached hydrogens (primary N) is 1. The number of nitrogens with one attached hydrogen (secondary N) is 1. The molecule has 5 rings (SSSR count). The lowest BCUT2D eigenvalue weighted by molar-refractivity contribution is 0.597. The van der Waals surface area contributed by atoms with Crippen LogP contribution in [0.4, 0.5) is 10.2 Å². The number of rotatable bonds is 6. The van der Waals surface area contributed by atoms with Crippen LogP contribution >= 0.6 is 0 Å². The molecule has 0 spiro atoms. The van der Waals surface area contributed by atoms with E-state index in [0.717, 1.165) is 17.3 Å². The Morgan fingerprint density at radius 1 is 1.06 bits per heavy atom. The number of hydrogen-bond donors (Lipinski definition) is 2. The molecule has 0 aliphatic heterocycles. The number of primary sulfonamides is 1. The molecule has 0 atom stereocenters. The Balaban J connectivity index is 1.67. The Kier molecular flexibility index (Phi) is 5.89. The van der Waals surface area contributed by atoms with E-state index >= 15 is 0 Å². The van der Waals surface area contributed by atoms with E-state index in [1.54, 1.807) is 10.7 Å². The molecule has 5 aromatic rings. The van der Waals surface area contributed by atoms with Crippen LogP contribution in [0.25, 0.3) is 28.0 Å². The monoisotopic (exact) mass is 499 g/mol. The first-order chi connectivity index (χ1) is 17.3. The number of nitriles is 1. The quantitative estimate of drug-likeness (QED) is 0.363. The van der Waals surface area contributed by atoms with Crippen molar-refractivity contribution in [2.45, 2.75) is 11.4 Å². The molecule has 0 aliphatic rings. The first kappa shape index (κ1) is 23.1. The minimum atomic E-state index is -3.99. The van der Waals surface area contributed by atoms with E-state index in [-0.39, 0.29) is 28.4 Å². The van der Waals surface area contributed by atoms with Gasteiger partial charge in [-0.05, 0) is 29.8 Å². The molecule has 0 unspecified atom stereocenters. The summed E-state index contributed by atoms with van der Waals surface area (Å²) in [5.41, 5.74) is 3.09. The summed E-state index contributed by atoms with van der Waals surface area (Å²) in [6, 6.07) is 19.1. The second-order valence-corrected chi connectivity index (χ2v) is 9.42. The summed E-state index contributed by atoms with van der Waals surface area (Å²) in [7, 11) is -3.99. The lowest BCUT2D eigenvalue weighted by Gasteiger charge is -2.13. The van der Waals surface area contributed by atoms with Crippen molar-refractivity contribution in [3.63, 3.8) is 0 Å². The highest BCUT2D eigenvalue weighted by molar-refractivity contribution is 7.89. The van der Waals surface area contributed by atoms with Crippen LogP contribution in [0.2, 0.25) is 0 Å². The van der Waals surface area contributed by atoms with Gasteiger partial charge in [0.25, 0.3) is 0 Å². The fraction of sp³-hybridized carbons (Fsp3) is 0.0400. The summed E-state index contributed by atoms with van der Waals surface area (Å²) in [6.07, 6.45) is 4.31. The van der Waals surface area contributed by atoms with E-state index in [4.69, 9.17) is 5.14 Å². The molecule has 36 heavy (non-hydrogen) atoms. The summed E-state index contributed by atoms with van der Waals surface area (Å²) in [5.74, 6) is 0.0137. The molecule has 11 heteroatoms. The molecule has 9 nitrogen and oxygen atoms in total. The van der Waals surface area contributed by atoms with Crippen molar-refractivity contribution in [2.24, 2.45) is 5.14 Å². The fourth-order valence-electron chi connectivity index (χ4n) is 3.83. The highest BCUT2D eigenvalue weighted by atomic mass is 32.2. The number of nitrogens with zero attached hydrogens (tertiary/aromatic N) is 5. The molecular formula is C25H18FN7O2S. The van der Waals surface area contributed by atoms with E-state index < -0.39 is 15.8 Å². The van der Waals surface area contributed by atoms with E-state index in [9.17, 15) is 18.1 Å². The van der Waals surface area contributed by atoms with Crippen LogP contribution in [0.1, 0.15) is 11.1 Å². The Morgan fingerprint density at radius 2 is 1.86 bits per heavy atom. The standard InChI is InChI=1S/C25H18FN7O2S/c26-22-8-4-7-17(12-27)21(22)15-30-25-23-20(16-5-2-1-3-6-16)9-10-33(23)32-24(31-25)18-11-19(14-29-13-18)36(28,34)35/h1-11,13-14H,15H2,(H2,28,34,35)(H,30,31,32). The summed E-state index contributed by atoms with van der Waals surface area (Å²) < 4.78 is 39.8. The maximum atomic E-state index is 14.5. The second kappa shape index (κ2) is 9.18. The molecule has 3 heterocycles. The van der Waals surface area contributed by atoms with Crippen molar-refractivity contribution >= 4 is 21.4 Å². The van der Waals surface area contributed by atoms with Gasteiger partial charge in [-0.2, -0.15) is 5.26 Å². The molecule has 0 amide bonds. The number of fused-ring (bicyclic) bond motifs is 1. The largest absolute Gasteiger partial charge is 0.364 e. The maximum Gasteiger partial charge on any atom is 0.239 e. The molecule has 0 bridgehead atoms. The molecule has 0 saturated heterocycles. The van der Waals surface area contributed by atoms with Gasteiger partial charge < -0.3 is 5.32 Å². The van der Waals surface area contributed by atoms with Gasteiger partial charge in [0.05, 0.1) is 11.6 Å². The number of halogens is 1. The predicted molar refractivity (Wildman–Crippen MR) is 131 cm³/mol. The summed E-state index contributed by atoms with van der Waals surface area (Å²) >= 11 is 0. The first-order valence-corrected chi connectivity index (χ1v) is 12.2. The van der Waals surface area contributed by atoms with E-state index in [1.165, 1.54) is 30.5 Å². The van der Waals surface area contributed by atoms with Crippen LogP contribution in [-0.4, -0.2) is 28.0 Å². The van der Waals surface area contributed by atoms with Crippen LogP contribution < -0.4 is 10.5 Å². The van der Waals surface area contributed by atoms with Crippen molar-refractivity contribution in [1.29, 1.82) is 5.26 Å². The molecule has 0 fully saturated rings. The number of sulfonamides is 1. The molecule has 0 radical (unpaired) electrons. The topological polar surface area (TPSA) is 139 Å². The van der Waals surface area contributed by atoms with Gasteiger partial charge in [-0.15, -0.1) is 5.10 Å². The van der Waals surface area contributed by atoms with Crippen molar-refractivity contribution in [3.8, 4) is 28.6 Å². The summed E-state index contributed by atoms with van der Waals surface area (Å²) in [6.45, 7) is -0.0173. The molecular weight excluding hydrogens is 481 g/mol. The van der Waals surface area contributed by atoms with Gasteiger partial charge >= 0.3 is 0 Å². The predicted octanol–water partition coefficient (Wildman–Crippen LogP) is 3.73. The minimum Gasteiger partial charge on any atom is -0.364 e. The lowest BCUT2D eigenvalue weighted by atomic mass is 10.1. The zero-order valence-electron chi connectivity index (χ0n) is 18.6. The summed E-state index contributed by atoms with van der Waals surface area (Å²) in [4.78, 5) is 8.41. The Labute approximate surface area is 205 Å². The van der Waals surface area contributed by atoms with Crippen LogP contribution in [0, 0.1) is 17.1 Å². The van der Waals surface area contributed by atoms with Crippen LogP contribution in [0.5, 0.6) is 0 Å². The van der Waals surface area contributed by atoms with Crippen molar-refractivity contribution in [2.75, 3.05) is 5.32 Å². The van der Waals surface area contributed by atoms with Gasteiger partial charge in [-0.1, -0.05) is 36.4 Å². The Bertz CT molecular complexity index is 1750. The van der Waals surface area contributed by atoms with Gasteiger partial charge in [0.2, 0.25) is 10.0 Å². The zero-order valence-corrected chi connectivity index (χ0v) is 19.4. The number of pyridine rings is 1. The number of aromatic nitrogens is 4. The molecule has 178 valence electrons. The molecule has 0 saturated carbocycles. The molecule has 2 aromatic carbocycles. The van der Waals surface area contributed by atoms with E-state index in [0.29, 0.717) is 16.9 Å². The third-order valence-electron chi connectivity index (χ3n) is 5.57. The van der Waals surface area contributed by atoms with E-state index in [2.05, 4.69) is 20.4 Å². The van der Waals surface area contributed by atoms with Crippen molar-refractivity contribution < 1.29 is 12.8 Å². The summed E-state index contributed by atoms with van der Waals surface area (Å²) in [5, 5.41) is 22.4. The number of anilines is 1. The molecule has 0 aliphatic carbocycles. The van der Waals surface area contributed by atoms with Gasteiger partial charge in [0, 0.05) is 41.8 Å². The first-order valence-electron chi connectivity index (χ1n) is 10.7. The molecule has 3 N–H and O–H groups in total. The van der Waals surface area contributed by atoms with Gasteiger partial charge in [0.15, 0.2) is 11.6 Å². The van der Waals surface area contributed by atoms with Crippen molar-refractivity contribution in [1.82, 2.24) is 19.6 Å². The SMILES string of the molecule is N#Cc1cccc(F)c1CNc1nc(-c2cncc(S(N)(=O)=O)c2)nn2ccc(-c3ccccc3)c12. The lowest BCUT2D eigenvalue weighted by Crippen LogP contribution is -2.13. The Morgan fingerprint density at radius 3 is 2.61 bits per heavy atom. The van der Waals surface area contributed by atoms with Gasteiger partial charge in [0.1, 0.15) is 16.2 Å². The van der Waals surface area contributed by atoms with Crippen LogP contribution in [0.3, 0.4) is 0 Å². The molecule has 3 aromatic heterocycles. The van der Waals surface area contributed by atoms with Crippen LogP contribution in [-0.2, 0) is 16.6 Å². The van der Waals surface area contributed by atoms with Crippen molar-refractivity contribution in [3.05, 3.63) is 96.2 Å². The average molecular weight is 500 g/mol. The smallest absolute Gasteiger partial charge is 0.239 e. The third kappa shape index (κ3) is 4.38. The highest BCUT2D eigenvalue weighted by Crippen LogP contribution is 2.31. The fourth-order valence-corrected chi connectivity index (χ4v) is 4.33. The van der Waals surface area contributed by atoms with Crippen LogP contribution in [0.15, 0.2) is 84.1 Å². The van der Waals surface area contributed by atoms with Gasteiger partial charge in [-0.25, -0.2) is 27.4 Å². The van der Waals surface area contributed by atoms with Gasteiger partial charge in [-0.3, -0.25) is 4.98 Å². The van der Waals surface area contributed by atoms with E-state index in [1.807, 2.05) is 42.5 Å². The minimum absolute atomic E-state index is 0.0173. The zero-order chi connectivity index (χ0) is 25.3. The maximum absolute atomic E-state index is 14.5. The third-order valence-corrected chi connectivity index (χ3v) is 6.45. The normalized spacial score (nSPS) is 11.4. The Hall–Kier alpha value is -4.66. The highest BCUT2D eigenvalue weighted by Gasteiger charge is 2.18. The number of benzene rings is 2. The average Bonchev–Trinajstić information content (AvgIpc) is 3.32. The number of hydrogen-bond acceptors (Lipinski definition) is 7. The second-order valence-electron chi connectivity index (χ2n) is 7.86.